The van der Waals surface area contributed by atoms with E-state index >= 15 is 0 Å². The molecule has 3 aromatic heterocycles. The van der Waals surface area contributed by atoms with Crippen molar-refractivity contribution in [2.75, 3.05) is 35.2 Å². The number of anilines is 4. The van der Waals surface area contributed by atoms with Gasteiger partial charge in [-0.25, -0.2) is 9.78 Å². The number of thiazole rings is 1. The number of aryl methyl sites for hydroxylation is 1. The van der Waals surface area contributed by atoms with E-state index in [4.69, 9.17) is 10.1 Å². The molecule has 0 aromatic carbocycles. The lowest BCUT2D eigenvalue weighted by molar-refractivity contribution is 0.0701. The summed E-state index contributed by atoms with van der Waals surface area (Å²) in [5, 5.41) is 25.2. The minimum absolute atomic E-state index is 0.157. The third kappa shape index (κ3) is 4.94. The van der Waals surface area contributed by atoms with Gasteiger partial charge < -0.3 is 20.4 Å². The molecule has 11 heteroatoms. The molecule has 0 bridgehead atoms. The summed E-state index contributed by atoms with van der Waals surface area (Å²) < 4.78 is 0. The number of carboxylic acid groups (broad SMARTS) is 1. The lowest BCUT2D eigenvalue weighted by Gasteiger charge is -2.19. The van der Waals surface area contributed by atoms with E-state index in [9.17, 15) is 9.90 Å². The molecule has 0 atom stereocenters. The van der Waals surface area contributed by atoms with Gasteiger partial charge in [0.25, 0.3) is 0 Å². The maximum atomic E-state index is 11.4. The summed E-state index contributed by atoms with van der Waals surface area (Å²) >= 11 is 1.06. The van der Waals surface area contributed by atoms with Crippen molar-refractivity contribution in [3.05, 3.63) is 46.2 Å². The van der Waals surface area contributed by atoms with Crippen molar-refractivity contribution in [1.82, 2.24) is 19.9 Å². The van der Waals surface area contributed by atoms with Gasteiger partial charge in [0.1, 0.15) is 16.5 Å². The minimum atomic E-state index is -1.00. The van der Waals surface area contributed by atoms with Crippen molar-refractivity contribution in [2.45, 2.75) is 32.7 Å². The lowest BCUT2D eigenvalue weighted by Crippen LogP contribution is -2.21. The predicted molar refractivity (Wildman–Crippen MR) is 123 cm³/mol. The number of pyridine rings is 1. The van der Waals surface area contributed by atoms with Crippen LogP contribution in [0.4, 0.5) is 22.7 Å². The van der Waals surface area contributed by atoms with Crippen molar-refractivity contribution in [1.29, 1.82) is 0 Å². The Morgan fingerprint density at radius 3 is 2.88 bits per heavy atom. The molecule has 0 radical (unpaired) electrons. The minimum Gasteiger partial charge on any atom is -0.477 e. The van der Waals surface area contributed by atoms with Gasteiger partial charge in [-0.1, -0.05) is 17.4 Å². The molecule has 0 fully saturated rings. The van der Waals surface area contributed by atoms with Crippen LogP contribution < -0.4 is 15.5 Å². The molecule has 1 aliphatic heterocycles. The number of carboxylic acids is 1. The first-order valence-electron chi connectivity index (χ1n) is 10.4. The Kier molecular flexibility index (Phi) is 6.76. The highest BCUT2D eigenvalue weighted by molar-refractivity contribution is 7.17. The first-order valence-corrected chi connectivity index (χ1v) is 11.2. The maximum Gasteiger partial charge on any atom is 0.347 e. The fraction of sp³-hybridized carbons (Fsp3) is 0.381. The highest BCUT2D eigenvalue weighted by Crippen LogP contribution is 2.34. The zero-order valence-electron chi connectivity index (χ0n) is 17.7. The zero-order chi connectivity index (χ0) is 22.5. The van der Waals surface area contributed by atoms with Crippen LogP contribution in [0.15, 0.2) is 24.5 Å². The third-order valence-corrected chi connectivity index (χ3v) is 6.16. The number of nitrogens with one attached hydrogen (secondary N) is 2. The number of aliphatic hydroxyl groups is 1. The number of hydrogen-bond acceptors (Lipinski definition) is 10. The van der Waals surface area contributed by atoms with Crippen molar-refractivity contribution in [3.8, 4) is 0 Å². The molecule has 32 heavy (non-hydrogen) atoms. The summed E-state index contributed by atoms with van der Waals surface area (Å²) in [6.07, 6.45) is 5.96. The predicted octanol–water partition coefficient (Wildman–Crippen LogP) is 2.83. The topological polar surface area (TPSA) is 136 Å². The van der Waals surface area contributed by atoms with Gasteiger partial charge in [-0.3, -0.25) is 10.3 Å². The van der Waals surface area contributed by atoms with E-state index in [1.807, 2.05) is 18.3 Å². The first kappa shape index (κ1) is 21.9. The van der Waals surface area contributed by atoms with Crippen molar-refractivity contribution in [2.24, 2.45) is 0 Å². The van der Waals surface area contributed by atoms with E-state index in [1.54, 1.807) is 13.1 Å². The molecule has 4 rings (SSSR count). The van der Waals surface area contributed by atoms with E-state index in [0.29, 0.717) is 29.9 Å². The molecule has 0 amide bonds. The number of aliphatic hydroxyl groups excluding tert-OH is 1. The first-order chi connectivity index (χ1) is 15.5. The summed E-state index contributed by atoms with van der Waals surface area (Å²) in [5.74, 6) is 0.938. The Balaban J connectivity index is 1.62. The monoisotopic (exact) mass is 455 g/mol. The molecule has 0 saturated carbocycles. The smallest absolute Gasteiger partial charge is 0.347 e. The molecule has 10 nitrogen and oxygen atoms in total. The largest absolute Gasteiger partial charge is 0.477 e. The third-order valence-electron chi connectivity index (χ3n) is 5.10. The maximum absolute atomic E-state index is 11.4. The quantitative estimate of drug-likeness (QED) is 0.338. The SMILES string of the molecule is Cc1nc(Nc2nc(NCCCCO)c3c(n2)N(Cc2cccnc2)CC3)sc1C(=O)O. The molecular weight excluding hydrogens is 430 g/mol. The molecular formula is C21H25N7O3S. The van der Waals surface area contributed by atoms with Crippen LogP contribution in [0.5, 0.6) is 0 Å². The second-order valence-corrected chi connectivity index (χ2v) is 8.45. The number of hydrogen-bond donors (Lipinski definition) is 4. The molecule has 0 unspecified atom stereocenters. The van der Waals surface area contributed by atoms with Gasteiger partial charge in [0.05, 0.1) is 5.69 Å². The molecule has 0 spiro atoms. The molecule has 4 heterocycles. The molecule has 4 N–H and O–H groups in total. The molecule has 0 aliphatic carbocycles. The second-order valence-electron chi connectivity index (χ2n) is 7.45. The summed E-state index contributed by atoms with van der Waals surface area (Å²) in [5.41, 5.74) is 2.59. The Morgan fingerprint density at radius 2 is 2.16 bits per heavy atom. The fourth-order valence-corrected chi connectivity index (χ4v) is 4.37. The average Bonchev–Trinajstić information content (AvgIpc) is 3.35. The number of rotatable bonds is 10. The fourth-order valence-electron chi connectivity index (χ4n) is 3.57. The van der Waals surface area contributed by atoms with Gasteiger partial charge in [-0.05, 0) is 37.8 Å². The van der Waals surface area contributed by atoms with E-state index in [1.165, 1.54) is 0 Å². The zero-order valence-corrected chi connectivity index (χ0v) is 18.5. The van der Waals surface area contributed by atoms with E-state index in [-0.39, 0.29) is 11.5 Å². The number of nitrogens with zero attached hydrogens (tertiary/aromatic N) is 5. The number of aromatic nitrogens is 4. The van der Waals surface area contributed by atoms with Crippen LogP contribution in [0.25, 0.3) is 0 Å². The van der Waals surface area contributed by atoms with E-state index < -0.39 is 5.97 Å². The van der Waals surface area contributed by atoms with Crippen LogP contribution in [0.2, 0.25) is 0 Å². The van der Waals surface area contributed by atoms with Crippen LogP contribution in [-0.4, -0.2) is 55.8 Å². The lowest BCUT2D eigenvalue weighted by atomic mass is 10.2. The normalized spacial score (nSPS) is 12.6. The van der Waals surface area contributed by atoms with Gasteiger partial charge in [0, 0.05) is 44.2 Å². The average molecular weight is 456 g/mol. The van der Waals surface area contributed by atoms with Crippen molar-refractivity contribution in [3.63, 3.8) is 0 Å². The van der Waals surface area contributed by atoms with Crippen molar-refractivity contribution >= 4 is 40.0 Å². The standard InChI is InChI=1S/C21H25N7O3S/c1-13-16(19(30)31)32-21(24-13)27-20-25-17(23-8-2-3-10-29)15-6-9-28(18(15)26-20)12-14-5-4-7-22-11-14/h4-5,7,11,29H,2-3,6,8-10,12H2,1H3,(H,30,31)(H2,23,24,25,26,27). The molecule has 1 aliphatic rings. The van der Waals surface area contributed by atoms with Crippen LogP contribution >= 0.6 is 11.3 Å². The van der Waals surface area contributed by atoms with Crippen LogP contribution in [0, 0.1) is 6.92 Å². The Bertz CT molecular complexity index is 1090. The van der Waals surface area contributed by atoms with Gasteiger partial charge in [0.15, 0.2) is 5.13 Å². The van der Waals surface area contributed by atoms with Gasteiger partial charge >= 0.3 is 5.97 Å². The number of aromatic carboxylic acids is 1. The number of unbranched alkanes of at least 4 members (excludes halogenated alkanes) is 1. The summed E-state index contributed by atoms with van der Waals surface area (Å²) in [4.78, 5) is 31.6. The Morgan fingerprint density at radius 1 is 1.28 bits per heavy atom. The Hall–Kier alpha value is -3.31. The molecule has 3 aromatic rings. The molecule has 0 saturated heterocycles. The van der Waals surface area contributed by atoms with Gasteiger partial charge in [-0.2, -0.15) is 9.97 Å². The number of fused-ring (bicyclic) bond motifs is 1. The van der Waals surface area contributed by atoms with Gasteiger partial charge in [0.2, 0.25) is 5.95 Å². The van der Waals surface area contributed by atoms with E-state index in [2.05, 4.69) is 30.5 Å². The summed E-state index contributed by atoms with van der Waals surface area (Å²) in [7, 11) is 0. The number of carbonyl (C=O) groups is 1. The van der Waals surface area contributed by atoms with Crippen LogP contribution in [0.1, 0.15) is 39.3 Å². The highest BCUT2D eigenvalue weighted by Gasteiger charge is 2.26. The van der Waals surface area contributed by atoms with E-state index in [0.717, 1.165) is 59.9 Å². The Labute approximate surface area is 189 Å². The summed E-state index contributed by atoms with van der Waals surface area (Å²) in [6, 6.07) is 3.95. The van der Waals surface area contributed by atoms with Crippen LogP contribution in [0.3, 0.4) is 0 Å². The highest BCUT2D eigenvalue weighted by atomic mass is 32.1. The summed E-state index contributed by atoms with van der Waals surface area (Å²) in [6.45, 7) is 4.00. The molecule has 168 valence electrons. The van der Waals surface area contributed by atoms with Gasteiger partial charge in [-0.15, -0.1) is 0 Å². The second kappa shape index (κ2) is 9.88. The van der Waals surface area contributed by atoms with Crippen molar-refractivity contribution < 1.29 is 15.0 Å². The van der Waals surface area contributed by atoms with Crippen LogP contribution in [-0.2, 0) is 13.0 Å².